The molecule has 2 N–H and O–H groups in total. The summed E-state index contributed by atoms with van der Waals surface area (Å²) in [4.78, 5) is 15.3. The van der Waals surface area contributed by atoms with Crippen LogP contribution in [0.5, 0.6) is 0 Å². The lowest BCUT2D eigenvalue weighted by Crippen LogP contribution is -2.25. The Balaban J connectivity index is 2.13. The molecule has 2 aliphatic rings. The second kappa shape index (κ2) is 3.06. The molecule has 0 saturated heterocycles. The maximum Gasteiger partial charge on any atom is 0.372 e. The summed E-state index contributed by atoms with van der Waals surface area (Å²) in [6.07, 6.45) is 3.08. The van der Waals surface area contributed by atoms with Crippen LogP contribution in [0.2, 0.25) is 0 Å². The summed E-state index contributed by atoms with van der Waals surface area (Å²) in [5, 5.41) is 12.3. The molecule has 1 fully saturated rings. The monoisotopic (exact) mass is 207 g/mol. The molecule has 15 heavy (non-hydrogen) atoms. The van der Waals surface area contributed by atoms with Crippen molar-refractivity contribution < 1.29 is 9.90 Å². The molecule has 0 bridgehead atoms. The van der Waals surface area contributed by atoms with Crippen molar-refractivity contribution in [1.29, 1.82) is 0 Å². The molecule has 1 aliphatic carbocycles. The van der Waals surface area contributed by atoms with Gasteiger partial charge in [0.05, 0.1) is 5.69 Å². The third-order valence-electron chi connectivity index (χ3n) is 3.03. The maximum atomic E-state index is 11.1. The average Bonchev–Trinajstić information content (AvgIpc) is 2.98. The number of hydrogen-bond acceptors (Lipinski definition) is 3. The minimum absolute atomic E-state index is 0.228. The predicted molar refractivity (Wildman–Crippen MR) is 52.9 cm³/mol. The summed E-state index contributed by atoms with van der Waals surface area (Å²) < 4.78 is 1.94. The number of rotatable bonds is 2. The molecule has 2 heterocycles. The van der Waals surface area contributed by atoms with Crippen LogP contribution in [0, 0.1) is 0 Å². The summed E-state index contributed by atoms with van der Waals surface area (Å²) in [5.41, 5.74) is 2.05. The standard InChI is InChI=1S/C10H13N3O2/c14-10(15)9-12-7-5-11-4-3-8(7)13(9)6-1-2-6/h6,11H,1-5H2,(H,14,15). The number of aromatic carboxylic acids is 1. The van der Waals surface area contributed by atoms with E-state index in [1.165, 1.54) is 0 Å². The van der Waals surface area contributed by atoms with Crippen molar-refractivity contribution in [1.82, 2.24) is 14.9 Å². The van der Waals surface area contributed by atoms with Gasteiger partial charge in [0.1, 0.15) is 0 Å². The lowest BCUT2D eigenvalue weighted by atomic mass is 10.2. The Hall–Kier alpha value is -1.36. The third kappa shape index (κ3) is 1.34. The van der Waals surface area contributed by atoms with Gasteiger partial charge < -0.3 is 15.0 Å². The summed E-state index contributed by atoms with van der Waals surface area (Å²) >= 11 is 0. The zero-order chi connectivity index (χ0) is 10.4. The van der Waals surface area contributed by atoms with Gasteiger partial charge in [-0.3, -0.25) is 0 Å². The number of nitrogens with one attached hydrogen (secondary N) is 1. The summed E-state index contributed by atoms with van der Waals surface area (Å²) in [6.45, 7) is 1.62. The summed E-state index contributed by atoms with van der Waals surface area (Å²) in [6, 6.07) is 0.394. The van der Waals surface area contributed by atoms with Gasteiger partial charge in [0.25, 0.3) is 0 Å². The third-order valence-corrected chi connectivity index (χ3v) is 3.03. The highest BCUT2D eigenvalue weighted by atomic mass is 16.4. The van der Waals surface area contributed by atoms with E-state index in [0.29, 0.717) is 12.6 Å². The predicted octanol–water partition coefficient (Wildman–Crippen LogP) is 0.562. The van der Waals surface area contributed by atoms with Crippen LogP contribution < -0.4 is 5.32 Å². The molecule has 1 aromatic heterocycles. The van der Waals surface area contributed by atoms with E-state index in [1.54, 1.807) is 0 Å². The number of fused-ring (bicyclic) bond motifs is 1. The van der Waals surface area contributed by atoms with Gasteiger partial charge in [0.15, 0.2) is 0 Å². The van der Waals surface area contributed by atoms with E-state index in [9.17, 15) is 4.79 Å². The number of imidazole rings is 1. The Morgan fingerprint density at radius 2 is 2.33 bits per heavy atom. The summed E-state index contributed by atoms with van der Waals surface area (Å²) in [7, 11) is 0. The minimum Gasteiger partial charge on any atom is -0.475 e. The highest BCUT2D eigenvalue weighted by Gasteiger charge is 2.33. The highest BCUT2D eigenvalue weighted by Crippen LogP contribution is 2.38. The molecule has 0 spiro atoms. The van der Waals surface area contributed by atoms with Gasteiger partial charge in [0.2, 0.25) is 5.82 Å². The fourth-order valence-electron chi connectivity index (χ4n) is 2.21. The lowest BCUT2D eigenvalue weighted by molar-refractivity contribution is 0.0677. The first kappa shape index (κ1) is 8.91. The van der Waals surface area contributed by atoms with Crippen molar-refractivity contribution in [2.75, 3.05) is 6.54 Å². The van der Waals surface area contributed by atoms with Gasteiger partial charge in [-0.2, -0.15) is 0 Å². The van der Waals surface area contributed by atoms with Gasteiger partial charge in [-0.15, -0.1) is 0 Å². The van der Waals surface area contributed by atoms with Crippen LogP contribution in [-0.2, 0) is 13.0 Å². The van der Waals surface area contributed by atoms with Gasteiger partial charge in [-0.25, -0.2) is 9.78 Å². The van der Waals surface area contributed by atoms with Crippen LogP contribution >= 0.6 is 0 Å². The number of hydrogen-bond donors (Lipinski definition) is 2. The normalized spacial score (nSPS) is 20.0. The van der Waals surface area contributed by atoms with E-state index < -0.39 is 5.97 Å². The molecular formula is C10H13N3O2. The molecule has 1 aromatic rings. The van der Waals surface area contributed by atoms with E-state index in [2.05, 4.69) is 10.3 Å². The second-order valence-electron chi connectivity index (χ2n) is 4.16. The summed E-state index contributed by atoms with van der Waals surface area (Å²) in [5.74, 6) is -0.678. The fraction of sp³-hybridized carbons (Fsp3) is 0.600. The second-order valence-corrected chi connectivity index (χ2v) is 4.16. The Morgan fingerprint density at radius 1 is 1.53 bits per heavy atom. The van der Waals surface area contributed by atoms with Crippen LogP contribution in [0.4, 0.5) is 0 Å². The molecule has 0 unspecified atom stereocenters. The first-order valence-corrected chi connectivity index (χ1v) is 5.31. The Bertz CT molecular complexity index is 421. The lowest BCUT2D eigenvalue weighted by Gasteiger charge is -2.14. The molecule has 0 amide bonds. The van der Waals surface area contributed by atoms with E-state index in [-0.39, 0.29) is 5.82 Å². The number of nitrogens with zero attached hydrogens (tertiary/aromatic N) is 2. The van der Waals surface area contributed by atoms with Crippen LogP contribution in [0.25, 0.3) is 0 Å². The Labute approximate surface area is 87.1 Å². The van der Waals surface area contributed by atoms with Crippen LogP contribution in [0.3, 0.4) is 0 Å². The van der Waals surface area contributed by atoms with Gasteiger partial charge >= 0.3 is 5.97 Å². The quantitative estimate of drug-likeness (QED) is 0.743. The van der Waals surface area contributed by atoms with Crippen LogP contribution in [0.1, 0.15) is 40.9 Å². The van der Waals surface area contributed by atoms with Crippen molar-refractivity contribution >= 4 is 5.97 Å². The van der Waals surface area contributed by atoms with Gasteiger partial charge in [0, 0.05) is 31.2 Å². The van der Waals surface area contributed by atoms with E-state index >= 15 is 0 Å². The highest BCUT2D eigenvalue weighted by molar-refractivity contribution is 5.84. The molecule has 0 radical (unpaired) electrons. The fourth-order valence-corrected chi connectivity index (χ4v) is 2.21. The molecule has 0 aromatic carbocycles. The maximum absolute atomic E-state index is 11.1. The van der Waals surface area contributed by atoms with Gasteiger partial charge in [-0.05, 0) is 12.8 Å². The van der Waals surface area contributed by atoms with Crippen molar-refractivity contribution in [3.63, 3.8) is 0 Å². The van der Waals surface area contributed by atoms with E-state index in [0.717, 1.165) is 37.2 Å². The smallest absolute Gasteiger partial charge is 0.372 e. The number of aromatic nitrogens is 2. The zero-order valence-corrected chi connectivity index (χ0v) is 8.36. The van der Waals surface area contributed by atoms with Crippen LogP contribution in [0.15, 0.2) is 0 Å². The largest absolute Gasteiger partial charge is 0.475 e. The topological polar surface area (TPSA) is 67.1 Å². The molecule has 1 saturated carbocycles. The number of carboxylic acids is 1. The van der Waals surface area contributed by atoms with Crippen molar-refractivity contribution in [3.8, 4) is 0 Å². The minimum atomic E-state index is -0.906. The van der Waals surface area contributed by atoms with Gasteiger partial charge in [-0.1, -0.05) is 0 Å². The van der Waals surface area contributed by atoms with Crippen molar-refractivity contribution in [2.45, 2.75) is 31.8 Å². The SMILES string of the molecule is O=C(O)c1nc2c(n1C1CC1)CCNC2. The molecule has 80 valence electrons. The molecule has 1 aliphatic heterocycles. The number of carbonyl (C=O) groups is 1. The first-order valence-electron chi connectivity index (χ1n) is 5.31. The molecule has 5 heteroatoms. The van der Waals surface area contributed by atoms with E-state index in [1.807, 2.05) is 4.57 Å². The first-order chi connectivity index (χ1) is 7.27. The number of carboxylic acid groups (broad SMARTS) is 1. The zero-order valence-electron chi connectivity index (χ0n) is 8.36. The Kier molecular flexibility index (Phi) is 1.82. The molecule has 5 nitrogen and oxygen atoms in total. The van der Waals surface area contributed by atoms with E-state index in [4.69, 9.17) is 5.11 Å². The molecule has 0 atom stereocenters. The average molecular weight is 207 g/mol. The molecule has 3 rings (SSSR count). The Morgan fingerprint density at radius 3 is 3.00 bits per heavy atom. The van der Waals surface area contributed by atoms with Crippen molar-refractivity contribution in [2.24, 2.45) is 0 Å². The van der Waals surface area contributed by atoms with Crippen molar-refractivity contribution in [3.05, 3.63) is 17.2 Å². The molecular weight excluding hydrogens is 194 g/mol. The van der Waals surface area contributed by atoms with Crippen LogP contribution in [-0.4, -0.2) is 27.2 Å².